The van der Waals surface area contributed by atoms with Gasteiger partial charge in [0.25, 0.3) is 5.91 Å². The summed E-state index contributed by atoms with van der Waals surface area (Å²) in [5, 5.41) is 11.9. The van der Waals surface area contributed by atoms with Crippen molar-refractivity contribution in [2.75, 3.05) is 26.0 Å². The molecule has 0 radical (unpaired) electrons. The molecule has 0 aliphatic heterocycles. The standard InChI is InChI=1S/C11H17N3O2/c1-8(7-15)14(3)11(16)9-4-5-13-6-10(9)12-2/h4-6,8,12,15H,7H2,1-3H3. The zero-order valence-electron chi connectivity index (χ0n) is 9.77. The number of hydrogen-bond donors (Lipinski definition) is 2. The number of nitrogens with one attached hydrogen (secondary N) is 1. The average molecular weight is 223 g/mol. The molecule has 0 aliphatic carbocycles. The second-order valence-electron chi connectivity index (χ2n) is 3.62. The van der Waals surface area contributed by atoms with Crippen LogP contribution in [0.15, 0.2) is 18.5 Å². The van der Waals surface area contributed by atoms with Gasteiger partial charge in [0, 0.05) is 20.3 Å². The van der Waals surface area contributed by atoms with Crippen LogP contribution in [0.5, 0.6) is 0 Å². The molecule has 0 fully saturated rings. The van der Waals surface area contributed by atoms with Gasteiger partial charge in [0.2, 0.25) is 0 Å². The fourth-order valence-corrected chi connectivity index (χ4v) is 1.29. The summed E-state index contributed by atoms with van der Waals surface area (Å²) in [7, 11) is 3.41. The van der Waals surface area contributed by atoms with E-state index in [1.165, 1.54) is 4.90 Å². The zero-order valence-corrected chi connectivity index (χ0v) is 9.77. The molecule has 5 nitrogen and oxygen atoms in total. The van der Waals surface area contributed by atoms with E-state index in [0.29, 0.717) is 11.3 Å². The first-order chi connectivity index (χ1) is 7.61. The highest BCUT2D eigenvalue weighted by Crippen LogP contribution is 2.15. The Kier molecular flexibility index (Phi) is 4.25. The zero-order chi connectivity index (χ0) is 12.1. The van der Waals surface area contributed by atoms with Gasteiger partial charge in [-0.15, -0.1) is 0 Å². The van der Waals surface area contributed by atoms with E-state index >= 15 is 0 Å². The molecule has 1 rings (SSSR count). The van der Waals surface area contributed by atoms with Crippen LogP contribution in [-0.4, -0.2) is 47.6 Å². The van der Waals surface area contributed by atoms with E-state index in [2.05, 4.69) is 10.3 Å². The van der Waals surface area contributed by atoms with Crippen molar-refractivity contribution in [2.24, 2.45) is 0 Å². The molecule has 0 bridgehead atoms. The molecule has 88 valence electrons. The van der Waals surface area contributed by atoms with Crippen LogP contribution in [0.4, 0.5) is 5.69 Å². The molecular weight excluding hydrogens is 206 g/mol. The van der Waals surface area contributed by atoms with E-state index in [-0.39, 0.29) is 18.6 Å². The maximum atomic E-state index is 12.1. The van der Waals surface area contributed by atoms with Gasteiger partial charge in [0.1, 0.15) is 0 Å². The fourth-order valence-electron chi connectivity index (χ4n) is 1.29. The van der Waals surface area contributed by atoms with E-state index < -0.39 is 0 Å². The Morgan fingerprint density at radius 2 is 2.38 bits per heavy atom. The number of carbonyl (C=O) groups excluding carboxylic acids is 1. The van der Waals surface area contributed by atoms with Crippen LogP contribution in [-0.2, 0) is 0 Å². The first kappa shape index (κ1) is 12.4. The lowest BCUT2D eigenvalue weighted by atomic mass is 10.2. The van der Waals surface area contributed by atoms with Crippen molar-refractivity contribution in [1.82, 2.24) is 9.88 Å². The number of likely N-dealkylation sites (N-methyl/N-ethyl adjacent to an activating group) is 1. The molecule has 1 heterocycles. The van der Waals surface area contributed by atoms with Crippen molar-refractivity contribution in [1.29, 1.82) is 0 Å². The van der Waals surface area contributed by atoms with Gasteiger partial charge in [-0.1, -0.05) is 0 Å². The number of hydrogen-bond acceptors (Lipinski definition) is 4. The van der Waals surface area contributed by atoms with E-state index in [1.54, 1.807) is 39.5 Å². The first-order valence-corrected chi connectivity index (χ1v) is 5.11. The summed E-state index contributed by atoms with van der Waals surface area (Å²) in [6.45, 7) is 1.74. The van der Waals surface area contributed by atoms with E-state index in [0.717, 1.165) is 0 Å². The Morgan fingerprint density at radius 1 is 1.69 bits per heavy atom. The van der Waals surface area contributed by atoms with Crippen LogP contribution in [0, 0.1) is 0 Å². The number of carbonyl (C=O) groups is 1. The monoisotopic (exact) mass is 223 g/mol. The molecule has 1 aromatic heterocycles. The predicted molar refractivity (Wildman–Crippen MR) is 62.4 cm³/mol. The van der Waals surface area contributed by atoms with Crippen molar-refractivity contribution in [2.45, 2.75) is 13.0 Å². The normalized spacial score (nSPS) is 12.0. The Balaban J connectivity index is 2.95. The summed E-state index contributed by atoms with van der Waals surface area (Å²) in [4.78, 5) is 17.5. The average Bonchev–Trinajstić information content (AvgIpc) is 2.35. The van der Waals surface area contributed by atoms with Crippen LogP contribution in [0.2, 0.25) is 0 Å². The van der Waals surface area contributed by atoms with E-state index in [1.807, 2.05) is 0 Å². The molecule has 0 saturated heterocycles. The molecule has 2 N–H and O–H groups in total. The number of anilines is 1. The van der Waals surface area contributed by atoms with Crippen molar-refractivity contribution in [3.63, 3.8) is 0 Å². The minimum atomic E-state index is -0.203. The SMILES string of the molecule is CNc1cnccc1C(=O)N(C)C(C)CO. The second kappa shape index (κ2) is 5.46. The van der Waals surface area contributed by atoms with Crippen LogP contribution >= 0.6 is 0 Å². The minimum absolute atomic E-state index is 0.0534. The van der Waals surface area contributed by atoms with Crippen molar-refractivity contribution >= 4 is 11.6 Å². The minimum Gasteiger partial charge on any atom is -0.394 e. The third kappa shape index (κ3) is 2.49. The van der Waals surface area contributed by atoms with Gasteiger partial charge in [-0.2, -0.15) is 0 Å². The smallest absolute Gasteiger partial charge is 0.256 e. The second-order valence-corrected chi connectivity index (χ2v) is 3.62. The third-order valence-electron chi connectivity index (χ3n) is 2.57. The number of aliphatic hydroxyl groups excluding tert-OH is 1. The molecule has 1 atom stereocenters. The molecule has 1 unspecified atom stereocenters. The Bertz CT molecular complexity index is 368. The van der Waals surface area contributed by atoms with Crippen molar-refractivity contribution in [3.8, 4) is 0 Å². The van der Waals surface area contributed by atoms with Gasteiger partial charge in [0.15, 0.2) is 0 Å². The Labute approximate surface area is 95.1 Å². The first-order valence-electron chi connectivity index (χ1n) is 5.11. The third-order valence-corrected chi connectivity index (χ3v) is 2.57. The van der Waals surface area contributed by atoms with Crippen molar-refractivity contribution < 1.29 is 9.90 Å². The lowest BCUT2D eigenvalue weighted by Crippen LogP contribution is -2.37. The van der Waals surface area contributed by atoms with Gasteiger partial charge in [-0.25, -0.2) is 0 Å². The summed E-state index contributed by atoms with van der Waals surface area (Å²) in [5.74, 6) is -0.131. The fraction of sp³-hybridized carbons (Fsp3) is 0.455. The van der Waals surface area contributed by atoms with Crippen LogP contribution in [0.25, 0.3) is 0 Å². The maximum Gasteiger partial charge on any atom is 0.256 e. The highest BCUT2D eigenvalue weighted by atomic mass is 16.3. The number of amides is 1. The predicted octanol–water partition coefficient (Wildman–Crippen LogP) is 0.576. The number of rotatable bonds is 4. The van der Waals surface area contributed by atoms with Crippen molar-refractivity contribution in [3.05, 3.63) is 24.0 Å². The van der Waals surface area contributed by atoms with E-state index in [4.69, 9.17) is 5.11 Å². The van der Waals surface area contributed by atoms with Gasteiger partial charge in [-0.05, 0) is 13.0 Å². The number of pyridine rings is 1. The van der Waals surface area contributed by atoms with Gasteiger partial charge in [-0.3, -0.25) is 9.78 Å². The molecule has 0 aliphatic rings. The Morgan fingerprint density at radius 3 is 2.94 bits per heavy atom. The largest absolute Gasteiger partial charge is 0.394 e. The molecule has 16 heavy (non-hydrogen) atoms. The quantitative estimate of drug-likeness (QED) is 0.783. The molecule has 0 saturated carbocycles. The number of aliphatic hydroxyl groups is 1. The maximum absolute atomic E-state index is 12.1. The van der Waals surface area contributed by atoms with Crippen LogP contribution in [0.1, 0.15) is 17.3 Å². The lowest BCUT2D eigenvalue weighted by Gasteiger charge is -2.24. The molecule has 5 heteroatoms. The topological polar surface area (TPSA) is 65.5 Å². The number of nitrogens with zero attached hydrogens (tertiary/aromatic N) is 2. The molecule has 1 aromatic rings. The summed E-state index contributed by atoms with van der Waals surface area (Å²) >= 11 is 0. The summed E-state index contributed by atoms with van der Waals surface area (Å²) in [6.07, 6.45) is 3.18. The summed E-state index contributed by atoms with van der Waals surface area (Å²) < 4.78 is 0. The van der Waals surface area contributed by atoms with E-state index in [9.17, 15) is 4.79 Å². The lowest BCUT2D eigenvalue weighted by molar-refractivity contribution is 0.0683. The highest BCUT2D eigenvalue weighted by molar-refractivity contribution is 5.99. The molecule has 0 aromatic carbocycles. The van der Waals surface area contributed by atoms with Gasteiger partial charge >= 0.3 is 0 Å². The number of aromatic nitrogens is 1. The molecular formula is C11H17N3O2. The van der Waals surface area contributed by atoms with Crippen LogP contribution < -0.4 is 5.32 Å². The summed E-state index contributed by atoms with van der Waals surface area (Å²) in [5.41, 5.74) is 1.24. The highest BCUT2D eigenvalue weighted by Gasteiger charge is 2.19. The van der Waals surface area contributed by atoms with Gasteiger partial charge in [0.05, 0.1) is 30.1 Å². The summed E-state index contributed by atoms with van der Waals surface area (Å²) in [6, 6.07) is 1.46. The molecule has 0 spiro atoms. The Hall–Kier alpha value is -1.62. The molecule has 1 amide bonds. The van der Waals surface area contributed by atoms with Crippen LogP contribution in [0.3, 0.4) is 0 Å². The van der Waals surface area contributed by atoms with Gasteiger partial charge < -0.3 is 15.3 Å².